The van der Waals surface area contributed by atoms with Gasteiger partial charge in [-0.2, -0.15) is 0 Å². The highest BCUT2D eigenvalue weighted by molar-refractivity contribution is 5.80. The lowest BCUT2D eigenvalue weighted by Crippen LogP contribution is -2.08. The minimum atomic E-state index is 0.577. The molecule has 0 fully saturated rings. The van der Waals surface area contributed by atoms with Crippen LogP contribution in [0.3, 0.4) is 0 Å². The summed E-state index contributed by atoms with van der Waals surface area (Å²) >= 11 is 0. The second-order valence-electron chi connectivity index (χ2n) is 2.94. The summed E-state index contributed by atoms with van der Waals surface area (Å²) in [5, 5.41) is 0. The molecule has 0 heterocycles. The first-order valence-corrected chi connectivity index (χ1v) is 3.99. The van der Waals surface area contributed by atoms with Gasteiger partial charge in [-0.05, 0) is 12.1 Å². The predicted molar refractivity (Wildman–Crippen MR) is 52.7 cm³/mol. The topological polar surface area (TPSA) is 29.5 Å². The van der Waals surface area contributed by atoms with Crippen LogP contribution in [-0.4, -0.2) is 27.5 Å². The summed E-state index contributed by atoms with van der Waals surface area (Å²) in [7, 11) is 5.44. The molecule has 0 N–H and O–H groups in total. The Morgan fingerprint density at radius 3 is 2.54 bits per heavy atom. The second kappa shape index (κ2) is 3.94. The van der Waals surface area contributed by atoms with Crippen LogP contribution in [0.5, 0.6) is 5.75 Å². The number of methoxy groups -OCH3 is 1. The van der Waals surface area contributed by atoms with E-state index in [-0.39, 0.29) is 0 Å². The number of nitrogens with zero attached hydrogens (tertiary/aromatic N) is 1. The molecule has 0 amide bonds. The molecule has 0 saturated carbocycles. The molecule has 0 aromatic heterocycles. The number of carbonyl (C=O) groups is 1. The monoisotopic (exact) mass is 179 g/mol. The summed E-state index contributed by atoms with van der Waals surface area (Å²) in [6, 6.07) is 5.47. The molecule has 70 valence electrons. The van der Waals surface area contributed by atoms with E-state index < -0.39 is 0 Å². The van der Waals surface area contributed by atoms with Gasteiger partial charge < -0.3 is 9.64 Å². The number of anilines is 1. The summed E-state index contributed by atoms with van der Waals surface area (Å²) in [4.78, 5) is 12.5. The van der Waals surface area contributed by atoms with E-state index in [1.165, 1.54) is 0 Å². The van der Waals surface area contributed by atoms with Crippen LogP contribution in [0.4, 0.5) is 5.69 Å². The molecule has 0 spiro atoms. The molecule has 3 heteroatoms. The summed E-state index contributed by atoms with van der Waals surface area (Å²) in [5.74, 6) is 0.612. The van der Waals surface area contributed by atoms with Gasteiger partial charge in [0, 0.05) is 25.8 Å². The minimum Gasteiger partial charge on any atom is -0.496 e. The molecule has 13 heavy (non-hydrogen) atoms. The van der Waals surface area contributed by atoms with E-state index in [4.69, 9.17) is 4.74 Å². The van der Waals surface area contributed by atoms with Gasteiger partial charge in [-0.15, -0.1) is 0 Å². The largest absolute Gasteiger partial charge is 0.496 e. The molecular formula is C10H13NO2. The third-order valence-electron chi connectivity index (χ3n) is 1.86. The summed E-state index contributed by atoms with van der Waals surface area (Å²) < 4.78 is 5.07. The van der Waals surface area contributed by atoms with Crippen molar-refractivity contribution in [1.82, 2.24) is 0 Å². The Labute approximate surface area is 77.9 Å². The lowest BCUT2D eigenvalue weighted by Gasteiger charge is -2.14. The third-order valence-corrected chi connectivity index (χ3v) is 1.86. The number of ether oxygens (including phenoxy) is 1. The normalized spacial score (nSPS) is 9.46. The van der Waals surface area contributed by atoms with Gasteiger partial charge in [0.2, 0.25) is 0 Å². The number of benzene rings is 1. The molecule has 1 aromatic carbocycles. The Balaban J connectivity index is 3.12. The van der Waals surface area contributed by atoms with Gasteiger partial charge in [-0.25, -0.2) is 0 Å². The van der Waals surface area contributed by atoms with Crippen molar-refractivity contribution >= 4 is 12.0 Å². The van der Waals surface area contributed by atoms with Crippen LogP contribution >= 0.6 is 0 Å². The Bertz CT molecular complexity index is 308. The molecular weight excluding hydrogens is 166 g/mol. The van der Waals surface area contributed by atoms with E-state index in [0.717, 1.165) is 12.0 Å². The first-order chi connectivity index (χ1) is 6.19. The fraction of sp³-hybridized carbons (Fsp3) is 0.300. The Kier molecular flexibility index (Phi) is 2.90. The lowest BCUT2D eigenvalue weighted by atomic mass is 10.2. The van der Waals surface area contributed by atoms with E-state index in [1.54, 1.807) is 13.2 Å². The van der Waals surface area contributed by atoms with E-state index in [2.05, 4.69) is 0 Å². The number of hydrogen-bond acceptors (Lipinski definition) is 3. The second-order valence-corrected chi connectivity index (χ2v) is 2.94. The van der Waals surface area contributed by atoms with Crippen LogP contribution < -0.4 is 9.64 Å². The van der Waals surface area contributed by atoms with E-state index >= 15 is 0 Å². The highest BCUT2D eigenvalue weighted by atomic mass is 16.5. The first-order valence-electron chi connectivity index (χ1n) is 3.99. The van der Waals surface area contributed by atoms with Gasteiger partial charge in [0.1, 0.15) is 5.75 Å². The highest BCUT2D eigenvalue weighted by Crippen LogP contribution is 2.22. The maximum absolute atomic E-state index is 10.6. The molecule has 0 atom stereocenters. The summed E-state index contributed by atoms with van der Waals surface area (Å²) in [6.45, 7) is 0. The van der Waals surface area contributed by atoms with Gasteiger partial charge in [0.25, 0.3) is 0 Å². The SMILES string of the molecule is COc1cc(N(C)C)ccc1C=O. The standard InChI is InChI=1S/C10H13NO2/c1-11(2)9-5-4-8(7-12)10(6-9)13-3/h4-7H,1-3H3. The van der Waals surface area contributed by atoms with Crippen molar-refractivity contribution in [2.45, 2.75) is 0 Å². The lowest BCUT2D eigenvalue weighted by molar-refractivity contribution is 0.112. The molecule has 1 rings (SSSR count). The molecule has 0 aliphatic rings. The van der Waals surface area contributed by atoms with E-state index in [9.17, 15) is 4.79 Å². The number of rotatable bonds is 3. The molecule has 0 bridgehead atoms. The van der Waals surface area contributed by atoms with Crippen molar-refractivity contribution in [2.24, 2.45) is 0 Å². The van der Waals surface area contributed by atoms with Crippen LogP contribution in [0, 0.1) is 0 Å². The number of hydrogen-bond donors (Lipinski definition) is 0. The van der Waals surface area contributed by atoms with Gasteiger partial charge >= 0.3 is 0 Å². The van der Waals surface area contributed by atoms with Crippen LogP contribution in [-0.2, 0) is 0 Å². The van der Waals surface area contributed by atoms with Gasteiger partial charge in [0.05, 0.1) is 12.7 Å². The van der Waals surface area contributed by atoms with Crippen molar-refractivity contribution < 1.29 is 9.53 Å². The van der Waals surface area contributed by atoms with E-state index in [1.807, 2.05) is 31.1 Å². The maximum Gasteiger partial charge on any atom is 0.153 e. The van der Waals surface area contributed by atoms with Crippen molar-refractivity contribution in [3.8, 4) is 5.75 Å². The van der Waals surface area contributed by atoms with Crippen molar-refractivity contribution in [3.05, 3.63) is 23.8 Å². The molecule has 1 aromatic rings. The van der Waals surface area contributed by atoms with Gasteiger partial charge in [-0.1, -0.05) is 0 Å². The molecule has 0 radical (unpaired) electrons. The molecule has 0 aliphatic carbocycles. The Hall–Kier alpha value is -1.51. The quantitative estimate of drug-likeness (QED) is 0.660. The molecule has 0 unspecified atom stereocenters. The highest BCUT2D eigenvalue weighted by Gasteiger charge is 2.03. The smallest absolute Gasteiger partial charge is 0.153 e. The minimum absolute atomic E-state index is 0.577. The fourth-order valence-electron chi connectivity index (χ4n) is 1.08. The summed E-state index contributed by atoms with van der Waals surface area (Å²) in [6.07, 6.45) is 0.790. The average molecular weight is 179 g/mol. The zero-order valence-electron chi connectivity index (χ0n) is 8.07. The summed E-state index contributed by atoms with van der Waals surface area (Å²) in [5.41, 5.74) is 1.59. The first kappa shape index (κ1) is 9.58. The molecule has 0 aliphatic heterocycles. The molecule has 3 nitrogen and oxygen atoms in total. The number of aldehydes is 1. The zero-order chi connectivity index (χ0) is 9.84. The molecule has 0 saturated heterocycles. The third kappa shape index (κ3) is 1.99. The van der Waals surface area contributed by atoms with Crippen LogP contribution in [0.15, 0.2) is 18.2 Å². The zero-order valence-corrected chi connectivity index (χ0v) is 8.07. The maximum atomic E-state index is 10.6. The van der Waals surface area contributed by atoms with Gasteiger partial charge in [0.15, 0.2) is 6.29 Å². The predicted octanol–water partition coefficient (Wildman–Crippen LogP) is 1.57. The van der Waals surface area contributed by atoms with Gasteiger partial charge in [-0.3, -0.25) is 4.79 Å². The van der Waals surface area contributed by atoms with Crippen molar-refractivity contribution in [1.29, 1.82) is 0 Å². The van der Waals surface area contributed by atoms with Crippen LogP contribution in [0.25, 0.3) is 0 Å². The fourth-order valence-corrected chi connectivity index (χ4v) is 1.08. The van der Waals surface area contributed by atoms with Crippen molar-refractivity contribution in [2.75, 3.05) is 26.1 Å². The van der Waals surface area contributed by atoms with E-state index in [0.29, 0.717) is 11.3 Å². The van der Waals surface area contributed by atoms with Crippen LogP contribution in [0.1, 0.15) is 10.4 Å². The Morgan fingerprint density at radius 1 is 1.38 bits per heavy atom. The van der Waals surface area contributed by atoms with Crippen LogP contribution in [0.2, 0.25) is 0 Å². The van der Waals surface area contributed by atoms with Crippen molar-refractivity contribution in [3.63, 3.8) is 0 Å². The average Bonchev–Trinajstić information content (AvgIpc) is 2.16. The number of carbonyl (C=O) groups excluding carboxylic acids is 1. The Morgan fingerprint density at radius 2 is 2.08 bits per heavy atom.